The maximum atomic E-state index is 6.07. The zero-order chi connectivity index (χ0) is 14.7. The summed E-state index contributed by atoms with van der Waals surface area (Å²) < 4.78 is 11.6. The molecule has 3 nitrogen and oxygen atoms in total. The minimum Gasteiger partial charge on any atom is -0.544 e. The van der Waals surface area contributed by atoms with Gasteiger partial charge in [0.25, 0.3) is 8.32 Å². The third-order valence-electron chi connectivity index (χ3n) is 2.10. The van der Waals surface area contributed by atoms with E-state index < -0.39 is 16.6 Å². The summed E-state index contributed by atoms with van der Waals surface area (Å²) in [7, 11) is -3.24. The van der Waals surface area contributed by atoms with E-state index in [1.54, 1.807) is 6.21 Å². The normalized spacial score (nSPS) is 12.8. The molecule has 0 amide bonds. The lowest BCUT2D eigenvalue weighted by Gasteiger charge is -2.21. The van der Waals surface area contributed by atoms with Crippen LogP contribution in [0.5, 0.6) is 5.75 Å². The molecule has 0 spiro atoms. The fourth-order valence-corrected chi connectivity index (χ4v) is 2.65. The van der Waals surface area contributed by atoms with Crippen molar-refractivity contribution >= 4 is 22.8 Å². The molecule has 0 heterocycles. The van der Waals surface area contributed by atoms with E-state index in [9.17, 15) is 0 Å². The van der Waals surface area contributed by atoms with Crippen LogP contribution in [0.25, 0.3) is 0 Å². The second kappa shape index (κ2) is 5.92. The maximum Gasteiger partial charge on any atom is 0.278 e. The van der Waals surface area contributed by atoms with Gasteiger partial charge in [-0.3, -0.25) is 0 Å². The Balaban J connectivity index is 2.95. The summed E-state index contributed by atoms with van der Waals surface area (Å²) in [6, 6.07) is 6.15. The maximum absolute atomic E-state index is 6.07. The van der Waals surface area contributed by atoms with Crippen LogP contribution in [0, 0.1) is 6.92 Å². The van der Waals surface area contributed by atoms with Gasteiger partial charge in [0.1, 0.15) is 5.75 Å². The van der Waals surface area contributed by atoms with Gasteiger partial charge in [0.15, 0.2) is 0 Å². The topological polar surface area (TPSA) is 30.8 Å². The third-order valence-corrected chi connectivity index (χ3v) is 3.59. The standard InChI is InChI=1S/C14H25NO2Si2/c1-12-8-9-14(16-18(2,3)4)13(10-12)11-15-17-19(5,6)7/h8-11H,1-7H3. The average Bonchev–Trinajstić information content (AvgIpc) is 2.18. The molecule has 0 bridgehead atoms. The fourth-order valence-electron chi connectivity index (χ4n) is 1.43. The van der Waals surface area contributed by atoms with Crippen LogP contribution >= 0.6 is 0 Å². The van der Waals surface area contributed by atoms with E-state index >= 15 is 0 Å². The molecule has 0 atom stereocenters. The molecule has 1 aromatic carbocycles. The first-order chi connectivity index (χ1) is 8.57. The predicted octanol–water partition coefficient (Wildman–Crippen LogP) is 4.39. The Kier molecular flexibility index (Phi) is 4.98. The quantitative estimate of drug-likeness (QED) is 0.458. The van der Waals surface area contributed by atoms with E-state index in [2.05, 4.69) is 63.5 Å². The Labute approximate surface area is 118 Å². The van der Waals surface area contributed by atoms with Crippen LogP contribution in [0.1, 0.15) is 11.1 Å². The predicted molar refractivity (Wildman–Crippen MR) is 87.2 cm³/mol. The molecule has 5 heteroatoms. The molecule has 106 valence electrons. The molecule has 0 aliphatic heterocycles. The van der Waals surface area contributed by atoms with Crippen molar-refractivity contribution in [2.75, 3.05) is 0 Å². The highest BCUT2D eigenvalue weighted by atomic mass is 28.4. The lowest BCUT2D eigenvalue weighted by atomic mass is 10.1. The van der Waals surface area contributed by atoms with Gasteiger partial charge in [0, 0.05) is 5.56 Å². The molecule has 0 radical (unpaired) electrons. The first-order valence-corrected chi connectivity index (χ1v) is 13.4. The van der Waals surface area contributed by atoms with Crippen molar-refractivity contribution in [2.45, 2.75) is 46.2 Å². The zero-order valence-electron chi connectivity index (χ0n) is 13.1. The minimum atomic E-state index is -1.62. The molecule has 0 unspecified atom stereocenters. The average molecular weight is 296 g/mol. The van der Waals surface area contributed by atoms with E-state index in [0.717, 1.165) is 11.3 Å². The van der Waals surface area contributed by atoms with E-state index in [1.807, 2.05) is 6.07 Å². The molecular weight excluding hydrogens is 270 g/mol. The van der Waals surface area contributed by atoms with Crippen LogP contribution in [-0.2, 0) is 4.53 Å². The van der Waals surface area contributed by atoms with Crippen LogP contribution in [0.3, 0.4) is 0 Å². The zero-order valence-corrected chi connectivity index (χ0v) is 15.1. The Morgan fingerprint density at radius 1 is 1.00 bits per heavy atom. The van der Waals surface area contributed by atoms with Gasteiger partial charge in [0.05, 0.1) is 6.21 Å². The Morgan fingerprint density at radius 3 is 2.16 bits per heavy atom. The van der Waals surface area contributed by atoms with Gasteiger partial charge in [-0.25, -0.2) is 0 Å². The van der Waals surface area contributed by atoms with Gasteiger partial charge in [-0.15, -0.1) is 5.16 Å². The van der Waals surface area contributed by atoms with Crippen molar-refractivity contribution in [2.24, 2.45) is 5.16 Å². The van der Waals surface area contributed by atoms with E-state index in [0.29, 0.717) is 0 Å². The van der Waals surface area contributed by atoms with Gasteiger partial charge in [0.2, 0.25) is 8.32 Å². The molecule has 0 saturated heterocycles. The highest BCUT2D eigenvalue weighted by Crippen LogP contribution is 2.22. The Hall–Kier alpha value is -1.08. The molecule has 19 heavy (non-hydrogen) atoms. The molecular formula is C14H25NO2Si2. The molecule has 0 aliphatic carbocycles. The first kappa shape index (κ1) is 16.0. The third kappa shape index (κ3) is 6.59. The molecule has 1 rings (SSSR count). The number of benzene rings is 1. The molecule has 0 saturated carbocycles. The Morgan fingerprint density at radius 2 is 1.63 bits per heavy atom. The summed E-state index contributed by atoms with van der Waals surface area (Å²) >= 11 is 0. The highest BCUT2D eigenvalue weighted by molar-refractivity contribution is 6.70. The van der Waals surface area contributed by atoms with Crippen molar-refractivity contribution in [1.29, 1.82) is 0 Å². The molecule has 0 N–H and O–H groups in total. The molecule has 0 aromatic heterocycles. The van der Waals surface area contributed by atoms with Crippen molar-refractivity contribution in [3.63, 3.8) is 0 Å². The summed E-state index contributed by atoms with van der Waals surface area (Å²) in [6.07, 6.45) is 1.76. The van der Waals surface area contributed by atoms with Crippen LogP contribution in [0.4, 0.5) is 0 Å². The smallest absolute Gasteiger partial charge is 0.278 e. The number of hydrogen-bond donors (Lipinski definition) is 0. The van der Waals surface area contributed by atoms with E-state index in [1.165, 1.54) is 5.56 Å². The lowest BCUT2D eigenvalue weighted by Crippen LogP contribution is -2.29. The van der Waals surface area contributed by atoms with Crippen LogP contribution in [0.2, 0.25) is 39.3 Å². The van der Waals surface area contributed by atoms with Crippen molar-refractivity contribution in [3.8, 4) is 5.75 Å². The highest BCUT2D eigenvalue weighted by Gasteiger charge is 2.18. The SMILES string of the molecule is Cc1ccc(O[Si](C)(C)C)c(C=NO[Si](C)(C)C)c1. The van der Waals surface area contributed by atoms with Crippen molar-refractivity contribution in [1.82, 2.24) is 0 Å². The van der Waals surface area contributed by atoms with E-state index in [4.69, 9.17) is 8.95 Å². The summed E-state index contributed by atoms with van der Waals surface area (Å²) in [6.45, 7) is 14.9. The van der Waals surface area contributed by atoms with Gasteiger partial charge < -0.3 is 8.95 Å². The van der Waals surface area contributed by atoms with Gasteiger partial charge >= 0.3 is 0 Å². The van der Waals surface area contributed by atoms with E-state index in [-0.39, 0.29) is 0 Å². The number of oxime groups is 1. The van der Waals surface area contributed by atoms with Gasteiger partial charge in [-0.2, -0.15) is 0 Å². The number of aryl methyl sites for hydroxylation is 1. The molecule has 0 aliphatic rings. The van der Waals surface area contributed by atoms with Gasteiger partial charge in [-0.1, -0.05) is 11.6 Å². The minimum absolute atomic E-state index is 0.896. The number of hydrogen-bond acceptors (Lipinski definition) is 3. The fraction of sp³-hybridized carbons (Fsp3) is 0.500. The summed E-state index contributed by atoms with van der Waals surface area (Å²) in [4.78, 5) is 0. The van der Waals surface area contributed by atoms with Crippen LogP contribution in [0.15, 0.2) is 23.4 Å². The first-order valence-electron chi connectivity index (χ1n) is 6.58. The second-order valence-corrected chi connectivity index (χ2v) is 15.5. The molecule has 1 aromatic rings. The van der Waals surface area contributed by atoms with Crippen LogP contribution < -0.4 is 4.43 Å². The Bertz CT molecular complexity index is 459. The number of nitrogens with zero attached hydrogens (tertiary/aromatic N) is 1. The molecule has 0 fully saturated rings. The summed E-state index contributed by atoms with van der Waals surface area (Å²) in [5.74, 6) is 0.896. The van der Waals surface area contributed by atoms with Crippen molar-refractivity contribution < 1.29 is 8.95 Å². The van der Waals surface area contributed by atoms with Crippen molar-refractivity contribution in [3.05, 3.63) is 29.3 Å². The second-order valence-electron chi connectivity index (χ2n) is 6.69. The monoisotopic (exact) mass is 295 g/mol. The largest absolute Gasteiger partial charge is 0.544 e. The van der Waals surface area contributed by atoms with Gasteiger partial charge in [-0.05, 0) is 58.3 Å². The summed E-state index contributed by atoms with van der Waals surface area (Å²) in [5.41, 5.74) is 2.18. The van der Waals surface area contributed by atoms with Crippen LogP contribution in [-0.4, -0.2) is 22.8 Å². The summed E-state index contributed by atoms with van der Waals surface area (Å²) in [5, 5.41) is 4.12. The lowest BCUT2D eigenvalue weighted by molar-refractivity contribution is 0.338. The number of rotatable bonds is 5.